The Morgan fingerprint density at radius 2 is 0.795 bits per heavy atom. The normalized spacial score (nSPS) is 16.0. The summed E-state index contributed by atoms with van der Waals surface area (Å²) in [6, 6.07) is 0. The smallest absolute Gasteiger partial charge is 0.504 e. The van der Waals surface area contributed by atoms with Gasteiger partial charge in [0.2, 0.25) is 0 Å². The summed E-state index contributed by atoms with van der Waals surface area (Å²) in [5.74, 6) is -2.37. The molecule has 15 heteroatoms. The van der Waals surface area contributed by atoms with Crippen molar-refractivity contribution in [1.29, 1.82) is 0 Å². The summed E-state index contributed by atoms with van der Waals surface area (Å²) in [5.41, 5.74) is 0.0241. The van der Waals surface area contributed by atoms with Gasteiger partial charge in [0.05, 0.1) is 16.7 Å². The summed E-state index contributed by atoms with van der Waals surface area (Å²) >= 11 is 0. The Labute approximate surface area is 221 Å². The predicted molar refractivity (Wildman–Crippen MR) is 141 cm³/mol. The summed E-state index contributed by atoms with van der Waals surface area (Å²) in [4.78, 5) is 12.5. The van der Waals surface area contributed by atoms with Gasteiger partial charge in [-0.1, -0.05) is 36.5 Å². The van der Waals surface area contributed by atoms with Crippen LogP contribution in [0.2, 0.25) is 0 Å². The van der Waals surface area contributed by atoms with Gasteiger partial charge in [0.1, 0.15) is 17.2 Å². The molecule has 0 amide bonds. The second kappa shape index (κ2) is 13.1. The van der Waals surface area contributed by atoms with Crippen LogP contribution in [0.15, 0.2) is 86.8 Å². The highest BCUT2D eigenvalue weighted by atomic mass is 19.3. The first-order chi connectivity index (χ1) is 18.8. The number of hydrogen-bond acceptors (Lipinski definition) is 6. The van der Waals surface area contributed by atoms with Crippen LogP contribution in [0.25, 0.3) is 0 Å². The molecule has 0 unspecified atom stereocenters. The molecular weight excluding hydrogens is 525 g/mol. The standard InChI is InChI=1S/C24H18B3F6N3O3/c28-25(29)37-22-19(13-34-16-7-1-2-8-16)23(38-26(30)31)21(15-36-18-11-5-6-12-18)24(39-27(32)33)20(22)14-35-17-9-3-4-10-17/h1-7,9,11,13-15H,8,10,12H2. The molecule has 0 saturated heterocycles. The second-order valence-corrected chi connectivity index (χ2v) is 8.01. The van der Waals surface area contributed by atoms with Crippen LogP contribution in [0.3, 0.4) is 0 Å². The average Bonchev–Trinajstić information content (AvgIpc) is 3.66. The molecule has 0 aromatic heterocycles. The van der Waals surface area contributed by atoms with Gasteiger partial charge in [-0.25, -0.2) is 25.9 Å². The molecule has 6 nitrogen and oxygen atoms in total. The topological polar surface area (TPSA) is 64.8 Å². The number of benzene rings is 1. The third-order valence-electron chi connectivity index (χ3n) is 5.42. The largest absolute Gasteiger partial charge is 0.796 e. The van der Waals surface area contributed by atoms with Gasteiger partial charge in [-0.05, 0) is 18.2 Å². The van der Waals surface area contributed by atoms with Crippen molar-refractivity contribution < 1.29 is 39.9 Å². The number of rotatable bonds is 12. The molecule has 198 valence electrons. The minimum Gasteiger partial charge on any atom is -0.504 e. The van der Waals surface area contributed by atoms with E-state index in [-0.39, 0.29) is 0 Å². The zero-order valence-electron chi connectivity index (χ0n) is 20.1. The van der Waals surface area contributed by atoms with Crippen molar-refractivity contribution in [3.8, 4) is 17.2 Å². The second-order valence-electron chi connectivity index (χ2n) is 8.01. The van der Waals surface area contributed by atoms with E-state index in [2.05, 4.69) is 28.9 Å². The lowest BCUT2D eigenvalue weighted by atomic mass is 9.99. The molecule has 0 bridgehead atoms. The molecule has 0 heterocycles. The highest BCUT2D eigenvalue weighted by molar-refractivity contribution is 6.37. The van der Waals surface area contributed by atoms with Crippen molar-refractivity contribution >= 4 is 41.1 Å². The van der Waals surface area contributed by atoms with E-state index >= 15 is 0 Å². The first kappa shape index (κ1) is 27.9. The van der Waals surface area contributed by atoms with Crippen molar-refractivity contribution in [1.82, 2.24) is 0 Å². The maximum absolute atomic E-state index is 13.6. The van der Waals surface area contributed by atoms with Crippen LogP contribution in [0.1, 0.15) is 36.0 Å². The highest BCUT2D eigenvalue weighted by Crippen LogP contribution is 2.43. The number of allylic oxidation sites excluding steroid dienone is 9. The summed E-state index contributed by atoms with van der Waals surface area (Å²) in [6.45, 7) is 0. The Kier molecular flexibility index (Phi) is 9.34. The molecule has 1 aromatic carbocycles. The molecule has 3 aliphatic carbocycles. The van der Waals surface area contributed by atoms with Crippen LogP contribution < -0.4 is 14.0 Å². The van der Waals surface area contributed by atoms with Crippen molar-refractivity contribution in [3.63, 3.8) is 0 Å². The molecule has 0 atom stereocenters. The van der Waals surface area contributed by atoms with E-state index in [4.69, 9.17) is 0 Å². The summed E-state index contributed by atoms with van der Waals surface area (Å²) < 4.78 is 95.8. The number of hydrogen-bond donors (Lipinski definition) is 0. The van der Waals surface area contributed by atoms with Gasteiger partial charge in [-0.2, -0.15) is 0 Å². The summed E-state index contributed by atoms with van der Waals surface area (Å²) in [5, 5.41) is 0. The third-order valence-corrected chi connectivity index (χ3v) is 5.42. The Morgan fingerprint density at radius 3 is 1.00 bits per heavy atom. The first-order valence-corrected chi connectivity index (χ1v) is 11.6. The van der Waals surface area contributed by atoms with E-state index in [0.717, 1.165) is 18.6 Å². The highest BCUT2D eigenvalue weighted by Gasteiger charge is 2.34. The molecule has 0 spiro atoms. The van der Waals surface area contributed by atoms with E-state index < -0.39 is 56.3 Å². The molecular formula is C24H18B3F6N3O3. The lowest BCUT2D eigenvalue weighted by Crippen LogP contribution is -2.20. The molecule has 39 heavy (non-hydrogen) atoms. The Bertz CT molecular complexity index is 1190. The van der Waals surface area contributed by atoms with E-state index in [1.54, 1.807) is 54.7 Å². The summed E-state index contributed by atoms with van der Waals surface area (Å²) in [6.07, 6.45) is 19.4. The van der Waals surface area contributed by atoms with Crippen molar-refractivity contribution in [2.24, 2.45) is 15.0 Å². The van der Waals surface area contributed by atoms with E-state index in [1.165, 1.54) is 0 Å². The molecule has 0 radical (unpaired) electrons. The predicted octanol–water partition coefficient (Wildman–Crippen LogP) is 6.38. The maximum Gasteiger partial charge on any atom is 0.796 e. The SMILES string of the molecule is FB(F)Oc1c(C=NC2=CC=CC2)c(OB(F)F)c(C=NC2=CC=CC2)c(OB(F)F)c1C=NC1=CC=CC1. The van der Waals surface area contributed by atoms with Crippen molar-refractivity contribution in [3.05, 3.63) is 88.5 Å². The van der Waals surface area contributed by atoms with Gasteiger partial charge in [-0.3, -0.25) is 15.0 Å². The number of nitrogens with zero attached hydrogens (tertiary/aromatic N) is 3. The minimum absolute atomic E-state index is 0.393. The average molecular weight is 543 g/mol. The van der Waals surface area contributed by atoms with Crippen LogP contribution in [0, 0.1) is 0 Å². The molecule has 0 N–H and O–H groups in total. The molecule has 4 rings (SSSR count). The first-order valence-electron chi connectivity index (χ1n) is 11.6. The van der Waals surface area contributed by atoms with Gasteiger partial charge < -0.3 is 14.0 Å². The van der Waals surface area contributed by atoms with E-state index in [9.17, 15) is 25.9 Å². The maximum atomic E-state index is 13.6. The lowest BCUT2D eigenvalue weighted by molar-refractivity contribution is 0.399. The van der Waals surface area contributed by atoms with Crippen LogP contribution in [0.5, 0.6) is 17.2 Å². The van der Waals surface area contributed by atoms with Crippen LogP contribution in [-0.2, 0) is 0 Å². The van der Waals surface area contributed by atoms with E-state index in [1.807, 2.05) is 0 Å². The fourth-order valence-electron chi connectivity index (χ4n) is 3.78. The van der Waals surface area contributed by atoms with Gasteiger partial charge in [0.25, 0.3) is 0 Å². The molecule has 3 aliphatic rings. The number of aliphatic imine (C=N–C) groups is 3. The molecule has 1 aromatic rings. The summed E-state index contributed by atoms with van der Waals surface area (Å²) in [7, 11) is -10.4. The van der Waals surface area contributed by atoms with Crippen LogP contribution >= 0.6 is 0 Å². The third kappa shape index (κ3) is 7.46. The Hall–Kier alpha value is -4.16. The zero-order chi connectivity index (χ0) is 27.8. The van der Waals surface area contributed by atoms with Gasteiger partial charge in [-0.15, -0.1) is 0 Å². The Morgan fingerprint density at radius 1 is 0.513 bits per heavy atom. The van der Waals surface area contributed by atoms with Gasteiger partial charge >= 0.3 is 22.4 Å². The van der Waals surface area contributed by atoms with Crippen LogP contribution in [0.4, 0.5) is 25.9 Å². The lowest BCUT2D eigenvalue weighted by Gasteiger charge is -2.21. The monoisotopic (exact) mass is 543 g/mol. The van der Waals surface area contributed by atoms with Crippen molar-refractivity contribution in [2.45, 2.75) is 19.3 Å². The minimum atomic E-state index is -3.47. The number of halogens is 6. The Balaban J connectivity index is 2.01. The molecule has 0 fully saturated rings. The zero-order valence-corrected chi connectivity index (χ0v) is 20.1. The van der Waals surface area contributed by atoms with Crippen LogP contribution in [-0.4, -0.2) is 41.1 Å². The quantitative estimate of drug-likeness (QED) is 0.175. The van der Waals surface area contributed by atoms with Gasteiger partial charge in [0.15, 0.2) is 0 Å². The molecule has 0 aliphatic heterocycles. The fourth-order valence-corrected chi connectivity index (χ4v) is 3.78. The van der Waals surface area contributed by atoms with Crippen molar-refractivity contribution in [2.75, 3.05) is 0 Å². The fraction of sp³-hybridized carbons (Fsp3) is 0.125. The molecule has 0 saturated carbocycles. The van der Waals surface area contributed by atoms with E-state index in [0.29, 0.717) is 36.4 Å². The van der Waals surface area contributed by atoms with Gasteiger partial charge in [0, 0.05) is 55.0 Å².